The SMILES string of the molecule is C=CCCCCCC(NN)C1CCCCCC1. The van der Waals surface area contributed by atoms with Gasteiger partial charge in [-0.05, 0) is 38.0 Å². The highest BCUT2D eigenvalue weighted by Gasteiger charge is 2.20. The molecule has 3 N–H and O–H groups in total. The van der Waals surface area contributed by atoms with E-state index in [9.17, 15) is 0 Å². The van der Waals surface area contributed by atoms with Crippen molar-refractivity contribution in [2.24, 2.45) is 11.8 Å². The Morgan fingerprint density at radius 1 is 1.12 bits per heavy atom. The first kappa shape index (κ1) is 14.7. The lowest BCUT2D eigenvalue weighted by Crippen LogP contribution is -2.40. The van der Waals surface area contributed by atoms with Crippen molar-refractivity contribution in [2.45, 2.75) is 76.7 Å². The van der Waals surface area contributed by atoms with E-state index in [0.29, 0.717) is 6.04 Å². The van der Waals surface area contributed by atoms with E-state index in [1.165, 1.54) is 64.2 Å². The Balaban J connectivity index is 2.18. The Morgan fingerprint density at radius 2 is 1.82 bits per heavy atom. The van der Waals surface area contributed by atoms with Crippen LogP contribution in [0.15, 0.2) is 12.7 Å². The predicted octanol–water partition coefficient (Wildman–Crippen LogP) is 3.93. The van der Waals surface area contributed by atoms with E-state index in [2.05, 4.69) is 12.0 Å². The second-order valence-corrected chi connectivity index (χ2v) is 5.45. The summed E-state index contributed by atoms with van der Waals surface area (Å²) >= 11 is 0. The molecule has 0 spiro atoms. The number of hydrogen-bond acceptors (Lipinski definition) is 2. The number of unbranched alkanes of at least 4 members (excludes halogenated alkanes) is 3. The number of allylic oxidation sites excluding steroid dienone is 1. The summed E-state index contributed by atoms with van der Waals surface area (Å²) in [6.07, 6.45) is 16.7. The molecule has 1 fully saturated rings. The Morgan fingerprint density at radius 3 is 2.41 bits per heavy atom. The van der Waals surface area contributed by atoms with E-state index in [1.54, 1.807) is 0 Å². The van der Waals surface area contributed by atoms with Crippen molar-refractivity contribution in [3.63, 3.8) is 0 Å². The maximum Gasteiger partial charge on any atom is 0.0238 e. The quantitative estimate of drug-likeness (QED) is 0.221. The van der Waals surface area contributed by atoms with Gasteiger partial charge < -0.3 is 0 Å². The van der Waals surface area contributed by atoms with E-state index in [1.807, 2.05) is 6.08 Å². The van der Waals surface area contributed by atoms with Crippen molar-refractivity contribution < 1.29 is 0 Å². The first-order valence-corrected chi connectivity index (χ1v) is 7.45. The Bertz CT molecular complexity index is 183. The van der Waals surface area contributed by atoms with Gasteiger partial charge >= 0.3 is 0 Å². The van der Waals surface area contributed by atoms with Crippen molar-refractivity contribution in [3.05, 3.63) is 12.7 Å². The Hall–Kier alpha value is -0.340. The summed E-state index contributed by atoms with van der Waals surface area (Å²) < 4.78 is 0. The van der Waals surface area contributed by atoms with Crippen molar-refractivity contribution in [2.75, 3.05) is 0 Å². The fourth-order valence-corrected chi connectivity index (χ4v) is 3.00. The third kappa shape index (κ3) is 6.23. The van der Waals surface area contributed by atoms with Gasteiger partial charge in [0.15, 0.2) is 0 Å². The van der Waals surface area contributed by atoms with Gasteiger partial charge in [-0.1, -0.05) is 44.6 Å². The maximum absolute atomic E-state index is 5.73. The highest BCUT2D eigenvalue weighted by Crippen LogP contribution is 2.27. The molecule has 1 aliphatic carbocycles. The van der Waals surface area contributed by atoms with Crippen molar-refractivity contribution in [1.82, 2.24) is 5.43 Å². The smallest absolute Gasteiger partial charge is 0.0238 e. The number of nitrogens with one attached hydrogen (secondary N) is 1. The minimum absolute atomic E-state index is 0.553. The van der Waals surface area contributed by atoms with Gasteiger partial charge in [-0.3, -0.25) is 11.3 Å². The fourth-order valence-electron chi connectivity index (χ4n) is 3.00. The third-order valence-corrected chi connectivity index (χ3v) is 4.11. The Labute approximate surface area is 107 Å². The highest BCUT2D eigenvalue weighted by atomic mass is 15.2. The van der Waals surface area contributed by atoms with Crippen LogP contribution < -0.4 is 11.3 Å². The molecular weight excluding hydrogens is 208 g/mol. The molecule has 0 aromatic carbocycles. The number of rotatable bonds is 8. The summed E-state index contributed by atoms with van der Waals surface area (Å²) in [5.74, 6) is 6.55. The van der Waals surface area contributed by atoms with Crippen LogP contribution in [0.5, 0.6) is 0 Å². The molecule has 2 nitrogen and oxygen atoms in total. The van der Waals surface area contributed by atoms with Crippen molar-refractivity contribution in [3.8, 4) is 0 Å². The second kappa shape index (κ2) is 9.67. The fraction of sp³-hybridized carbons (Fsp3) is 0.867. The minimum Gasteiger partial charge on any atom is -0.271 e. The molecule has 0 saturated heterocycles. The van der Waals surface area contributed by atoms with Crippen molar-refractivity contribution >= 4 is 0 Å². The van der Waals surface area contributed by atoms with E-state index in [-0.39, 0.29) is 0 Å². The summed E-state index contributed by atoms with van der Waals surface area (Å²) in [5.41, 5.74) is 3.07. The first-order valence-electron chi connectivity index (χ1n) is 7.45. The average molecular weight is 238 g/mol. The van der Waals surface area contributed by atoms with Gasteiger partial charge in [0.05, 0.1) is 0 Å². The molecule has 0 radical (unpaired) electrons. The lowest BCUT2D eigenvalue weighted by Gasteiger charge is -2.25. The zero-order valence-corrected chi connectivity index (χ0v) is 11.3. The minimum atomic E-state index is 0.553. The molecule has 2 heteroatoms. The monoisotopic (exact) mass is 238 g/mol. The summed E-state index contributed by atoms with van der Waals surface area (Å²) in [6, 6.07) is 0.553. The van der Waals surface area contributed by atoms with Gasteiger partial charge in [-0.25, -0.2) is 0 Å². The van der Waals surface area contributed by atoms with Crippen LogP contribution in [0, 0.1) is 5.92 Å². The third-order valence-electron chi connectivity index (χ3n) is 4.11. The standard InChI is InChI=1S/C15H30N2/c1-2-3-4-5-10-13-15(17-16)14-11-8-6-7-9-12-14/h2,14-15,17H,1,3-13,16H2. The zero-order chi connectivity index (χ0) is 12.3. The van der Waals surface area contributed by atoms with Crippen LogP contribution in [0.1, 0.15) is 70.6 Å². The Kier molecular flexibility index (Phi) is 8.37. The molecule has 0 aromatic rings. The zero-order valence-electron chi connectivity index (χ0n) is 11.3. The van der Waals surface area contributed by atoms with Gasteiger partial charge in [0.25, 0.3) is 0 Å². The molecule has 17 heavy (non-hydrogen) atoms. The molecule has 0 aliphatic heterocycles. The molecule has 100 valence electrons. The van der Waals surface area contributed by atoms with Gasteiger partial charge in [0.1, 0.15) is 0 Å². The summed E-state index contributed by atoms with van der Waals surface area (Å²) in [5, 5.41) is 0. The normalized spacial score (nSPS) is 19.8. The van der Waals surface area contributed by atoms with Gasteiger partial charge in [-0.2, -0.15) is 0 Å². The van der Waals surface area contributed by atoms with Gasteiger partial charge in [0, 0.05) is 6.04 Å². The molecule has 1 atom stereocenters. The van der Waals surface area contributed by atoms with E-state index >= 15 is 0 Å². The summed E-state index contributed by atoms with van der Waals surface area (Å²) in [7, 11) is 0. The van der Waals surface area contributed by atoms with E-state index in [4.69, 9.17) is 5.84 Å². The average Bonchev–Trinajstić information content (AvgIpc) is 2.63. The lowest BCUT2D eigenvalue weighted by molar-refractivity contribution is 0.300. The highest BCUT2D eigenvalue weighted by molar-refractivity contribution is 4.77. The molecule has 0 heterocycles. The van der Waals surface area contributed by atoms with Crippen LogP contribution in [-0.4, -0.2) is 6.04 Å². The van der Waals surface area contributed by atoms with Gasteiger partial charge in [0.2, 0.25) is 0 Å². The largest absolute Gasteiger partial charge is 0.271 e. The van der Waals surface area contributed by atoms with E-state index < -0.39 is 0 Å². The molecule has 0 bridgehead atoms. The molecule has 1 rings (SSSR count). The summed E-state index contributed by atoms with van der Waals surface area (Å²) in [4.78, 5) is 0. The topological polar surface area (TPSA) is 38.0 Å². The molecule has 1 unspecified atom stereocenters. The maximum atomic E-state index is 5.73. The first-order chi connectivity index (χ1) is 8.38. The van der Waals surface area contributed by atoms with Crippen LogP contribution in [0.25, 0.3) is 0 Å². The number of hydrazine groups is 1. The molecule has 1 saturated carbocycles. The van der Waals surface area contributed by atoms with Crippen LogP contribution >= 0.6 is 0 Å². The number of nitrogens with two attached hydrogens (primary N) is 1. The molecular formula is C15H30N2. The van der Waals surface area contributed by atoms with E-state index in [0.717, 1.165) is 12.3 Å². The van der Waals surface area contributed by atoms with Crippen molar-refractivity contribution in [1.29, 1.82) is 0 Å². The van der Waals surface area contributed by atoms with Crippen LogP contribution in [0.4, 0.5) is 0 Å². The summed E-state index contributed by atoms with van der Waals surface area (Å²) in [6.45, 7) is 3.76. The van der Waals surface area contributed by atoms with Crippen LogP contribution in [0.3, 0.4) is 0 Å². The molecule has 0 amide bonds. The molecule has 1 aliphatic rings. The lowest BCUT2D eigenvalue weighted by atomic mass is 9.89. The second-order valence-electron chi connectivity index (χ2n) is 5.45. The van der Waals surface area contributed by atoms with Gasteiger partial charge in [-0.15, -0.1) is 6.58 Å². The predicted molar refractivity (Wildman–Crippen MR) is 75.6 cm³/mol. The van der Waals surface area contributed by atoms with Crippen LogP contribution in [0.2, 0.25) is 0 Å². The number of hydrogen-bond donors (Lipinski definition) is 2. The van der Waals surface area contributed by atoms with Crippen LogP contribution in [-0.2, 0) is 0 Å². The molecule has 0 aromatic heterocycles.